The Hall–Kier alpha value is -2.58. The number of nitrogens with zero attached hydrogens (tertiary/aromatic N) is 2. The van der Waals surface area contributed by atoms with E-state index < -0.39 is 23.4 Å². The quantitative estimate of drug-likeness (QED) is 0.605. The summed E-state index contributed by atoms with van der Waals surface area (Å²) in [5, 5.41) is 6.61. The summed E-state index contributed by atoms with van der Waals surface area (Å²) in [7, 11) is 0. The number of piperidine rings is 1. The van der Waals surface area contributed by atoms with Gasteiger partial charge in [0.25, 0.3) is 0 Å². The molecule has 1 saturated carbocycles. The minimum atomic E-state index is -2.61. The summed E-state index contributed by atoms with van der Waals surface area (Å²) in [6.45, 7) is 3.74. The van der Waals surface area contributed by atoms with Crippen molar-refractivity contribution in [2.45, 2.75) is 81.7 Å². The van der Waals surface area contributed by atoms with E-state index in [9.17, 15) is 18.0 Å². The Bertz CT molecular complexity index is 1040. The fraction of sp³-hybridized carbons (Fsp3) is 0.519. The molecule has 0 bridgehead atoms. The second-order valence-corrected chi connectivity index (χ2v) is 10.4. The van der Waals surface area contributed by atoms with Crippen LogP contribution in [0.3, 0.4) is 0 Å². The molecule has 3 aliphatic rings. The number of anilines is 1. The summed E-state index contributed by atoms with van der Waals surface area (Å²) in [6, 6.07) is 16.2. The topological polar surface area (TPSA) is 47.6 Å². The molecule has 8 heteroatoms. The third-order valence-corrected chi connectivity index (χ3v) is 7.97. The van der Waals surface area contributed by atoms with Crippen molar-refractivity contribution in [3.63, 3.8) is 0 Å². The van der Waals surface area contributed by atoms with Gasteiger partial charge in [0.2, 0.25) is 5.92 Å². The Kier molecular flexibility index (Phi) is 6.53. The first kappa shape index (κ1) is 24.1. The number of benzene rings is 2. The van der Waals surface area contributed by atoms with Crippen LogP contribution in [0.5, 0.6) is 0 Å². The van der Waals surface area contributed by atoms with Crippen LogP contribution in [0.2, 0.25) is 0 Å². The Balaban J connectivity index is 1.41. The minimum absolute atomic E-state index is 0.0955. The van der Waals surface area contributed by atoms with Crippen LogP contribution in [0, 0.1) is 5.82 Å². The van der Waals surface area contributed by atoms with Crippen molar-refractivity contribution in [3.8, 4) is 0 Å². The second-order valence-electron chi connectivity index (χ2n) is 10.4. The first-order valence-corrected chi connectivity index (χ1v) is 12.5. The predicted octanol–water partition coefficient (Wildman–Crippen LogP) is 5.27. The summed E-state index contributed by atoms with van der Waals surface area (Å²) >= 11 is 0. The smallest absolute Gasteiger partial charge is 0.320 e. The number of alkyl halides is 2. The lowest BCUT2D eigenvalue weighted by molar-refractivity contribution is -0.0425. The maximum atomic E-state index is 14.2. The summed E-state index contributed by atoms with van der Waals surface area (Å²) in [5.74, 6) is -3.01. The van der Waals surface area contributed by atoms with Gasteiger partial charge in [-0.3, -0.25) is 15.1 Å². The highest BCUT2D eigenvalue weighted by molar-refractivity contribution is 5.96. The lowest BCUT2D eigenvalue weighted by Gasteiger charge is -2.50. The third-order valence-electron chi connectivity index (χ3n) is 7.97. The predicted molar refractivity (Wildman–Crippen MR) is 130 cm³/mol. The number of hydrogen-bond acceptors (Lipinski definition) is 3. The molecule has 3 fully saturated rings. The van der Waals surface area contributed by atoms with E-state index in [0.717, 1.165) is 13.1 Å². The number of urea groups is 1. The normalized spacial score (nSPS) is 29.5. The fourth-order valence-electron chi connectivity index (χ4n) is 6.10. The molecule has 2 aliphatic heterocycles. The van der Waals surface area contributed by atoms with Gasteiger partial charge in [-0.15, -0.1) is 0 Å². The molecule has 0 radical (unpaired) electrons. The fourth-order valence-corrected chi connectivity index (χ4v) is 6.10. The highest BCUT2D eigenvalue weighted by Gasteiger charge is 2.56. The summed E-state index contributed by atoms with van der Waals surface area (Å²) in [5.41, 5.74) is 1.12. The molecule has 2 saturated heterocycles. The third kappa shape index (κ3) is 4.91. The van der Waals surface area contributed by atoms with Crippen molar-refractivity contribution in [3.05, 3.63) is 66.0 Å². The van der Waals surface area contributed by atoms with Crippen LogP contribution < -0.4 is 15.5 Å². The van der Waals surface area contributed by atoms with Gasteiger partial charge in [-0.1, -0.05) is 36.4 Å². The van der Waals surface area contributed by atoms with Crippen LogP contribution in [0.4, 0.5) is 23.7 Å². The van der Waals surface area contributed by atoms with Crippen molar-refractivity contribution in [1.29, 1.82) is 0 Å². The number of amides is 2. The zero-order valence-electron chi connectivity index (χ0n) is 20.0. The van der Waals surface area contributed by atoms with Crippen molar-refractivity contribution >= 4 is 11.7 Å². The molecular formula is C27H33F3N4O. The van der Waals surface area contributed by atoms with Gasteiger partial charge >= 0.3 is 6.03 Å². The minimum Gasteiger partial charge on any atom is -0.320 e. The molecule has 5 nitrogen and oxygen atoms in total. The van der Waals surface area contributed by atoms with Crippen molar-refractivity contribution in [1.82, 2.24) is 15.5 Å². The lowest BCUT2D eigenvalue weighted by atomic mass is 9.79. The standard InChI is InChI=1S/C27H33F3N4O/c1-19-17-26(14-15-33(19)18-20-6-3-2-4-7-20)24(31-22-10-12-27(29,30)13-11-22)32-25(35)34(26)23-9-5-8-21(28)16-23/h2-9,16,19,22,24,31H,10-15,17-18H2,1H3,(H,32,35)/t19-,24+,26+/m0/s1. The molecule has 188 valence electrons. The highest BCUT2D eigenvalue weighted by atomic mass is 19.3. The molecule has 5 rings (SSSR count). The van der Waals surface area contributed by atoms with E-state index in [4.69, 9.17) is 0 Å². The molecular weight excluding hydrogens is 453 g/mol. The van der Waals surface area contributed by atoms with Gasteiger partial charge < -0.3 is 5.32 Å². The molecule has 2 amide bonds. The average molecular weight is 487 g/mol. The molecule has 1 aliphatic carbocycles. The molecule has 2 heterocycles. The van der Waals surface area contributed by atoms with Crippen molar-refractivity contribution < 1.29 is 18.0 Å². The number of nitrogens with one attached hydrogen (secondary N) is 2. The van der Waals surface area contributed by atoms with Gasteiger partial charge in [0.1, 0.15) is 12.0 Å². The summed E-state index contributed by atoms with van der Waals surface area (Å²) in [4.78, 5) is 17.4. The molecule has 3 atom stereocenters. The number of carbonyl (C=O) groups excluding carboxylic acids is 1. The maximum Gasteiger partial charge on any atom is 0.323 e. The number of rotatable bonds is 5. The van der Waals surface area contributed by atoms with Gasteiger partial charge in [0.05, 0.1) is 5.54 Å². The van der Waals surface area contributed by atoms with Gasteiger partial charge in [-0.2, -0.15) is 0 Å². The Morgan fingerprint density at radius 2 is 1.80 bits per heavy atom. The zero-order chi connectivity index (χ0) is 24.6. The van der Waals surface area contributed by atoms with Crippen LogP contribution in [0.1, 0.15) is 51.0 Å². The summed E-state index contributed by atoms with van der Waals surface area (Å²) in [6.07, 6.45) is 1.39. The molecule has 2 aromatic rings. The Labute approximate surface area is 204 Å². The van der Waals surface area contributed by atoms with E-state index in [1.165, 1.54) is 17.7 Å². The monoisotopic (exact) mass is 486 g/mol. The number of halogens is 3. The van der Waals surface area contributed by atoms with Gasteiger partial charge in [-0.25, -0.2) is 18.0 Å². The summed E-state index contributed by atoms with van der Waals surface area (Å²) < 4.78 is 41.7. The molecule has 2 aromatic carbocycles. The molecule has 2 N–H and O–H groups in total. The molecule has 0 aromatic heterocycles. The second kappa shape index (κ2) is 9.47. The SMILES string of the molecule is C[C@H]1C[C@]2(CCN1Cc1ccccc1)[C@H](NC1CCC(F)(F)CC1)NC(=O)N2c1cccc(F)c1. The van der Waals surface area contributed by atoms with Crippen LogP contribution in [0.15, 0.2) is 54.6 Å². The van der Waals surface area contributed by atoms with E-state index in [1.807, 2.05) is 18.2 Å². The Morgan fingerprint density at radius 1 is 1.06 bits per heavy atom. The number of likely N-dealkylation sites (tertiary alicyclic amines) is 1. The van der Waals surface area contributed by atoms with Crippen LogP contribution in [0.25, 0.3) is 0 Å². The average Bonchev–Trinajstić information content (AvgIpc) is 3.08. The van der Waals surface area contributed by atoms with Crippen molar-refractivity contribution in [2.75, 3.05) is 11.4 Å². The van der Waals surface area contributed by atoms with E-state index in [0.29, 0.717) is 31.4 Å². The first-order valence-electron chi connectivity index (χ1n) is 12.5. The number of carbonyl (C=O) groups is 1. The van der Waals surface area contributed by atoms with Gasteiger partial charge in [0.15, 0.2) is 0 Å². The largest absolute Gasteiger partial charge is 0.323 e. The van der Waals surface area contributed by atoms with Crippen LogP contribution >= 0.6 is 0 Å². The maximum absolute atomic E-state index is 14.2. The van der Waals surface area contributed by atoms with E-state index >= 15 is 0 Å². The van der Waals surface area contributed by atoms with Crippen LogP contribution in [-0.4, -0.2) is 47.2 Å². The molecule has 1 spiro atoms. The number of hydrogen-bond donors (Lipinski definition) is 2. The Morgan fingerprint density at radius 3 is 2.49 bits per heavy atom. The molecule has 0 unspecified atom stereocenters. The zero-order valence-corrected chi connectivity index (χ0v) is 20.0. The van der Waals surface area contributed by atoms with Crippen LogP contribution in [-0.2, 0) is 6.54 Å². The van der Waals surface area contributed by atoms with E-state index in [2.05, 4.69) is 34.6 Å². The van der Waals surface area contributed by atoms with Gasteiger partial charge in [-0.05, 0) is 56.4 Å². The van der Waals surface area contributed by atoms with E-state index in [-0.39, 0.29) is 31.0 Å². The highest BCUT2D eigenvalue weighted by Crippen LogP contribution is 2.42. The van der Waals surface area contributed by atoms with Crippen molar-refractivity contribution in [2.24, 2.45) is 0 Å². The lowest BCUT2D eigenvalue weighted by Crippen LogP contribution is -2.65. The van der Waals surface area contributed by atoms with Gasteiger partial charge in [0, 0.05) is 43.7 Å². The first-order chi connectivity index (χ1) is 16.8. The van der Waals surface area contributed by atoms with E-state index in [1.54, 1.807) is 17.0 Å². The molecule has 35 heavy (non-hydrogen) atoms.